The molecule has 0 unspecified atom stereocenters. The zero-order valence-corrected chi connectivity index (χ0v) is 23.5. The van der Waals surface area contributed by atoms with Gasteiger partial charge >= 0.3 is 0 Å². The van der Waals surface area contributed by atoms with E-state index < -0.39 is 0 Å². The second-order valence-electron chi connectivity index (χ2n) is 11.3. The molecule has 0 saturated heterocycles. The van der Waals surface area contributed by atoms with E-state index in [-0.39, 0.29) is 0 Å². The molecule has 7 aromatic carbocycles. The fraction of sp³-hybridized carbons (Fsp3) is 0. The lowest BCUT2D eigenvalue weighted by atomic mass is 9.97. The molecule has 42 heavy (non-hydrogen) atoms. The highest BCUT2D eigenvalue weighted by Crippen LogP contribution is 2.48. The molecule has 1 aliphatic rings. The van der Waals surface area contributed by atoms with Gasteiger partial charge in [0.15, 0.2) is 0 Å². The summed E-state index contributed by atoms with van der Waals surface area (Å²) in [6.07, 6.45) is 0. The number of hydrogen-bond acceptors (Lipinski definition) is 1. The third kappa shape index (κ3) is 2.92. The second-order valence-corrected chi connectivity index (χ2v) is 12.4. The number of nitrogens with zero attached hydrogens (tertiary/aromatic N) is 1. The molecule has 0 spiro atoms. The van der Waals surface area contributed by atoms with Crippen LogP contribution in [0.3, 0.4) is 0 Å². The molecular weight excluding hydrogens is 527 g/mol. The predicted octanol–water partition coefficient (Wildman–Crippen LogP) is 11.6. The summed E-state index contributed by atoms with van der Waals surface area (Å²) in [7, 11) is 0. The van der Waals surface area contributed by atoms with Gasteiger partial charge in [0.05, 0.1) is 15.7 Å². The number of aromatic nitrogens is 1. The molecule has 0 saturated carbocycles. The van der Waals surface area contributed by atoms with Gasteiger partial charge in [-0.3, -0.25) is 0 Å². The summed E-state index contributed by atoms with van der Waals surface area (Å²) in [5.41, 5.74) is 11.6. The van der Waals surface area contributed by atoms with Gasteiger partial charge in [0.2, 0.25) is 0 Å². The average molecular weight is 550 g/mol. The van der Waals surface area contributed by atoms with E-state index in [0.717, 1.165) is 0 Å². The quantitative estimate of drug-likeness (QED) is 0.202. The number of thiophene rings is 1. The van der Waals surface area contributed by atoms with Gasteiger partial charge in [-0.1, -0.05) is 109 Å². The lowest BCUT2D eigenvalue weighted by Gasteiger charge is -2.11. The van der Waals surface area contributed by atoms with E-state index in [4.69, 9.17) is 0 Å². The first-order valence-corrected chi connectivity index (χ1v) is 15.3. The van der Waals surface area contributed by atoms with Crippen molar-refractivity contribution in [1.82, 2.24) is 4.57 Å². The molecule has 0 radical (unpaired) electrons. The Balaban J connectivity index is 1.16. The summed E-state index contributed by atoms with van der Waals surface area (Å²) in [6, 6.07) is 51.6. The molecule has 0 atom stereocenters. The first-order valence-electron chi connectivity index (χ1n) is 14.4. The summed E-state index contributed by atoms with van der Waals surface area (Å²) in [5.74, 6) is 0. The molecule has 0 aliphatic heterocycles. The van der Waals surface area contributed by atoms with Crippen molar-refractivity contribution in [2.24, 2.45) is 0 Å². The average Bonchev–Trinajstić information content (AvgIpc) is 3.70. The van der Waals surface area contributed by atoms with Crippen molar-refractivity contribution >= 4 is 64.1 Å². The van der Waals surface area contributed by atoms with E-state index in [9.17, 15) is 0 Å². The first-order chi connectivity index (χ1) is 20.8. The fourth-order valence-electron chi connectivity index (χ4n) is 7.27. The number of fused-ring (bicyclic) bond motifs is 10. The van der Waals surface area contributed by atoms with Crippen molar-refractivity contribution in [3.8, 4) is 39.1 Å². The second kappa shape index (κ2) is 8.19. The molecular formula is C40H23NS. The van der Waals surface area contributed by atoms with Crippen LogP contribution in [0.1, 0.15) is 0 Å². The Morgan fingerprint density at radius 2 is 1.17 bits per heavy atom. The SMILES string of the molecule is c1cc2c3c(cccc3c1)-c1cc(-c3ccc(-n4c5ccccc5c5ccc6c7ccccc7sc6c54)cc3)ccc1-2. The topological polar surface area (TPSA) is 4.93 Å². The van der Waals surface area contributed by atoms with E-state index in [1.165, 1.54) is 91.8 Å². The highest BCUT2D eigenvalue weighted by Gasteiger charge is 2.22. The Hall–Kier alpha value is -5.18. The van der Waals surface area contributed by atoms with Crippen molar-refractivity contribution in [2.45, 2.75) is 0 Å². The van der Waals surface area contributed by atoms with Crippen molar-refractivity contribution in [2.75, 3.05) is 0 Å². The van der Waals surface area contributed by atoms with Crippen LogP contribution >= 0.6 is 11.3 Å². The minimum Gasteiger partial charge on any atom is -0.308 e. The standard InChI is InChI=1S/C40H23NS/c1-3-13-36-29(9-1)33-21-22-34-30-10-2-4-14-37(30)42-40(34)39(33)41(36)27-18-15-24(16-19-27)26-17-20-28-31-11-5-7-25-8-6-12-32(38(25)31)35(28)23-26/h1-23H. The molecule has 1 aliphatic carbocycles. The van der Waals surface area contributed by atoms with Crippen LogP contribution in [-0.2, 0) is 0 Å². The van der Waals surface area contributed by atoms with Crippen LogP contribution in [0, 0.1) is 0 Å². The molecule has 1 nitrogen and oxygen atoms in total. The maximum Gasteiger partial charge on any atom is 0.0719 e. The van der Waals surface area contributed by atoms with Crippen LogP contribution < -0.4 is 0 Å². The van der Waals surface area contributed by atoms with Crippen LogP contribution in [0.4, 0.5) is 0 Å². The minimum absolute atomic E-state index is 1.19. The van der Waals surface area contributed by atoms with Gasteiger partial charge in [-0.05, 0) is 74.5 Å². The maximum absolute atomic E-state index is 2.46. The monoisotopic (exact) mass is 549 g/mol. The first kappa shape index (κ1) is 22.5. The highest BCUT2D eigenvalue weighted by molar-refractivity contribution is 7.26. The Morgan fingerprint density at radius 1 is 0.452 bits per heavy atom. The van der Waals surface area contributed by atoms with Gasteiger partial charge in [-0.25, -0.2) is 0 Å². The Kier molecular flexibility index (Phi) is 4.39. The predicted molar refractivity (Wildman–Crippen MR) is 181 cm³/mol. The summed E-state index contributed by atoms with van der Waals surface area (Å²) >= 11 is 1.90. The van der Waals surface area contributed by atoms with E-state index in [2.05, 4.69) is 144 Å². The van der Waals surface area contributed by atoms with Crippen LogP contribution in [0.15, 0.2) is 140 Å². The van der Waals surface area contributed by atoms with Crippen LogP contribution in [0.2, 0.25) is 0 Å². The summed E-state index contributed by atoms with van der Waals surface area (Å²) in [5, 5.41) is 7.95. The summed E-state index contributed by atoms with van der Waals surface area (Å²) in [4.78, 5) is 0. The van der Waals surface area contributed by atoms with Gasteiger partial charge < -0.3 is 4.57 Å². The molecule has 2 heteroatoms. The van der Waals surface area contributed by atoms with Gasteiger partial charge in [0.25, 0.3) is 0 Å². The smallest absolute Gasteiger partial charge is 0.0719 e. The Bertz CT molecular complexity index is 2560. The normalized spacial score (nSPS) is 12.3. The molecule has 0 amide bonds. The maximum atomic E-state index is 2.46. The number of rotatable bonds is 2. The fourth-order valence-corrected chi connectivity index (χ4v) is 8.51. The zero-order chi connectivity index (χ0) is 27.4. The molecule has 2 aromatic heterocycles. The van der Waals surface area contributed by atoms with E-state index in [0.29, 0.717) is 0 Å². The van der Waals surface area contributed by atoms with Gasteiger partial charge in [0.1, 0.15) is 0 Å². The highest BCUT2D eigenvalue weighted by atomic mass is 32.1. The number of benzene rings is 7. The Morgan fingerprint density at radius 3 is 2.02 bits per heavy atom. The van der Waals surface area contributed by atoms with E-state index in [1.54, 1.807) is 0 Å². The van der Waals surface area contributed by atoms with Gasteiger partial charge in [-0.15, -0.1) is 11.3 Å². The largest absolute Gasteiger partial charge is 0.308 e. The van der Waals surface area contributed by atoms with E-state index >= 15 is 0 Å². The van der Waals surface area contributed by atoms with Crippen LogP contribution in [-0.4, -0.2) is 4.57 Å². The van der Waals surface area contributed by atoms with Crippen LogP contribution in [0.25, 0.3) is 91.8 Å². The number of para-hydroxylation sites is 1. The van der Waals surface area contributed by atoms with Crippen molar-refractivity contribution < 1.29 is 0 Å². The van der Waals surface area contributed by atoms with Crippen molar-refractivity contribution in [3.05, 3.63) is 140 Å². The lowest BCUT2D eigenvalue weighted by molar-refractivity contribution is 1.19. The third-order valence-corrected chi connectivity index (χ3v) is 10.3. The summed E-state index contributed by atoms with van der Waals surface area (Å²) < 4.78 is 5.15. The molecule has 194 valence electrons. The molecule has 0 bridgehead atoms. The molecule has 0 N–H and O–H groups in total. The van der Waals surface area contributed by atoms with Gasteiger partial charge in [-0.2, -0.15) is 0 Å². The molecule has 2 heterocycles. The molecule has 10 rings (SSSR count). The zero-order valence-electron chi connectivity index (χ0n) is 22.6. The third-order valence-electron chi connectivity index (χ3n) is 9.14. The minimum atomic E-state index is 1.19. The molecule has 0 fully saturated rings. The Labute approximate surface area is 246 Å². The summed E-state index contributed by atoms with van der Waals surface area (Å²) in [6.45, 7) is 0. The number of hydrogen-bond donors (Lipinski definition) is 0. The molecule has 9 aromatic rings. The van der Waals surface area contributed by atoms with Crippen LogP contribution in [0.5, 0.6) is 0 Å². The van der Waals surface area contributed by atoms with Crippen molar-refractivity contribution in [1.29, 1.82) is 0 Å². The van der Waals surface area contributed by atoms with Gasteiger partial charge in [0, 0.05) is 31.9 Å². The van der Waals surface area contributed by atoms with E-state index in [1.807, 2.05) is 11.3 Å². The van der Waals surface area contributed by atoms with Crippen molar-refractivity contribution in [3.63, 3.8) is 0 Å². The lowest BCUT2D eigenvalue weighted by Crippen LogP contribution is -1.94.